The van der Waals surface area contributed by atoms with Crippen molar-refractivity contribution in [3.8, 4) is 0 Å². The van der Waals surface area contributed by atoms with Crippen molar-refractivity contribution in [1.29, 1.82) is 0 Å². The molecule has 0 aliphatic heterocycles. The lowest BCUT2D eigenvalue weighted by molar-refractivity contribution is 0.160. The third kappa shape index (κ3) is 3.56. The van der Waals surface area contributed by atoms with Crippen LogP contribution < -0.4 is 5.32 Å². The molecule has 1 N–H and O–H groups in total. The Bertz CT molecular complexity index is 280. The quantitative estimate of drug-likeness (QED) is 0.666. The standard InChI is InChI=1S/C15H28N2O/c1-12(15-11-13-4-5-14(15)10-13)16-6-7-17(2)8-9-18-3/h4-5,12-16H,6-11H2,1-3H3. The molecule has 4 unspecified atom stereocenters. The monoisotopic (exact) mass is 252 g/mol. The summed E-state index contributed by atoms with van der Waals surface area (Å²) in [6.45, 7) is 6.38. The number of hydrogen-bond acceptors (Lipinski definition) is 3. The number of nitrogens with one attached hydrogen (secondary N) is 1. The van der Waals surface area contributed by atoms with E-state index in [-0.39, 0.29) is 0 Å². The van der Waals surface area contributed by atoms with Gasteiger partial charge in [0.2, 0.25) is 0 Å². The minimum atomic E-state index is 0.653. The van der Waals surface area contributed by atoms with Gasteiger partial charge in [-0.25, -0.2) is 0 Å². The van der Waals surface area contributed by atoms with E-state index in [4.69, 9.17) is 4.74 Å². The highest BCUT2D eigenvalue weighted by molar-refractivity contribution is 5.11. The summed E-state index contributed by atoms with van der Waals surface area (Å²) in [7, 11) is 3.92. The van der Waals surface area contributed by atoms with E-state index in [2.05, 4.69) is 36.3 Å². The second kappa shape index (κ2) is 6.69. The van der Waals surface area contributed by atoms with E-state index in [1.807, 2.05) is 0 Å². The summed E-state index contributed by atoms with van der Waals surface area (Å²) >= 11 is 0. The Morgan fingerprint density at radius 1 is 1.33 bits per heavy atom. The Morgan fingerprint density at radius 3 is 2.78 bits per heavy atom. The van der Waals surface area contributed by atoms with Gasteiger partial charge in [-0.3, -0.25) is 0 Å². The average molecular weight is 252 g/mol. The summed E-state index contributed by atoms with van der Waals surface area (Å²) < 4.78 is 5.08. The molecule has 4 atom stereocenters. The molecule has 0 aromatic carbocycles. The highest BCUT2D eigenvalue weighted by atomic mass is 16.5. The summed E-state index contributed by atoms with van der Waals surface area (Å²) in [6.07, 6.45) is 7.67. The first-order valence-electron chi connectivity index (χ1n) is 7.30. The van der Waals surface area contributed by atoms with Crippen molar-refractivity contribution in [1.82, 2.24) is 10.2 Å². The Hall–Kier alpha value is -0.380. The molecule has 0 heterocycles. The van der Waals surface area contributed by atoms with Crippen LogP contribution in [0.5, 0.6) is 0 Å². The van der Waals surface area contributed by atoms with Gasteiger partial charge in [-0.1, -0.05) is 12.2 Å². The van der Waals surface area contributed by atoms with Crippen LogP contribution in [0.25, 0.3) is 0 Å². The summed E-state index contributed by atoms with van der Waals surface area (Å²) in [5.41, 5.74) is 0. The Kier molecular flexibility index (Phi) is 5.22. The van der Waals surface area contributed by atoms with Crippen LogP contribution in [0.2, 0.25) is 0 Å². The van der Waals surface area contributed by atoms with Crippen LogP contribution in [-0.2, 0) is 4.74 Å². The molecule has 2 bridgehead atoms. The van der Waals surface area contributed by atoms with Crippen molar-refractivity contribution in [2.45, 2.75) is 25.8 Å². The lowest BCUT2D eigenvalue weighted by Gasteiger charge is -2.27. The topological polar surface area (TPSA) is 24.5 Å². The number of fused-ring (bicyclic) bond motifs is 2. The molecule has 2 aliphatic rings. The summed E-state index contributed by atoms with van der Waals surface area (Å²) in [4.78, 5) is 2.32. The normalized spacial score (nSPS) is 31.4. The van der Waals surface area contributed by atoms with Crippen molar-refractivity contribution in [2.75, 3.05) is 40.4 Å². The minimum Gasteiger partial charge on any atom is -0.383 e. The Balaban J connectivity index is 1.60. The van der Waals surface area contributed by atoms with Gasteiger partial charge >= 0.3 is 0 Å². The number of hydrogen-bond donors (Lipinski definition) is 1. The molecule has 0 saturated heterocycles. The molecule has 0 aromatic rings. The largest absolute Gasteiger partial charge is 0.383 e. The molecule has 18 heavy (non-hydrogen) atoms. The lowest BCUT2D eigenvalue weighted by Crippen LogP contribution is -2.40. The first-order chi connectivity index (χ1) is 8.70. The van der Waals surface area contributed by atoms with Gasteiger partial charge in [-0.2, -0.15) is 0 Å². The van der Waals surface area contributed by atoms with E-state index < -0.39 is 0 Å². The third-order valence-electron chi connectivity index (χ3n) is 4.61. The van der Waals surface area contributed by atoms with E-state index in [0.29, 0.717) is 6.04 Å². The van der Waals surface area contributed by atoms with Gasteiger partial charge in [0.1, 0.15) is 0 Å². The van der Waals surface area contributed by atoms with Gasteiger partial charge in [-0.05, 0) is 44.6 Å². The predicted octanol–water partition coefficient (Wildman–Crippen LogP) is 1.75. The van der Waals surface area contributed by atoms with Crippen LogP contribution in [0.15, 0.2) is 12.2 Å². The van der Waals surface area contributed by atoms with E-state index in [1.165, 1.54) is 12.8 Å². The maximum atomic E-state index is 5.08. The van der Waals surface area contributed by atoms with Crippen molar-refractivity contribution < 1.29 is 4.74 Å². The highest BCUT2D eigenvalue weighted by Crippen LogP contribution is 2.44. The molecule has 0 amide bonds. The van der Waals surface area contributed by atoms with E-state index in [0.717, 1.165) is 44.0 Å². The van der Waals surface area contributed by atoms with Crippen LogP contribution >= 0.6 is 0 Å². The molecule has 1 fully saturated rings. The number of ether oxygens (including phenoxy) is 1. The maximum Gasteiger partial charge on any atom is 0.0589 e. The maximum absolute atomic E-state index is 5.08. The fourth-order valence-electron chi connectivity index (χ4n) is 3.39. The van der Waals surface area contributed by atoms with Crippen molar-refractivity contribution in [3.05, 3.63) is 12.2 Å². The fourth-order valence-corrected chi connectivity index (χ4v) is 3.39. The van der Waals surface area contributed by atoms with Gasteiger partial charge in [0.05, 0.1) is 6.61 Å². The number of rotatable bonds is 8. The van der Waals surface area contributed by atoms with Crippen LogP contribution in [0.1, 0.15) is 19.8 Å². The van der Waals surface area contributed by atoms with E-state index in [9.17, 15) is 0 Å². The summed E-state index contributed by atoms with van der Waals surface area (Å²) in [6, 6.07) is 0.653. The molecule has 0 spiro atoms. The zero-order valence-corrected chi connectivity index (χ0v) is 12.1. The van der Waals surface area contributed by atoms with Gasteiger partial charge < -0.3 is 15.0 Å². The molecule has 2 rings (SSSR count). The lowest BCUT2D eigenvalue weighted by atomic mass is 9.87. The SMILES string of the molecule is COCCN(C)CCNC(C)C1CC2C=CC1C2. The van der Waals surface area contributed by atoms with E-state index in [1.54, 1.807) is 7.11 Å². The van der Waals surface area contributed by atoms with Crippen LogP contribution in [-0.4, -0.2) is 51.3 Å². The van der Waals surface area contributed by atoms with Crippen molar-refractivity contribution >= 4 is 0 Å². The molecule has 3 nitrogen and oxygen atoms in total. The molecular formula is C15H28N2O. The molecule has 2 aliphatic carbocycles. The summed E-state index contributed by atoms with van der Waals surface area (Å²) in [5, 5.41) is 3.70. The van der Waals surface area contributed by atoms with Crippen molar-refractivity contribution in [2.24, 2.45) is 17.8 Å². The molecule has 104 valence electrons. The second-order valence-electron chi connectivity index (χ2n) is 5.98. The van der Waals surface area contributed by atoms with Crippen LogP contribution in [0.3, 0.4) is 0 Å². The van der Waals surface area contributed by atoms with Gasteiger partial charge in [0.25, 0.3) is 0 Å². The van der Waals surface area contributed by atoms with E-state index >= 15 is 0 Å². The van der Waals surface area contributed by atoms with Crippen LogP contribution in [0.4, 0.5) is 0 Å². The smallest absolute Gasteiger partial charge is 0.0589 e. The van der Waals surface area contributed by atoms with Gasteiger partial charge in [-0.15, -0.1) is 0 Å². The highest BCUT2D eigenvalue weighted by Gasteiger charge is 2.38. The number of nitrogens with zero attached hydrogens (tertiary/aromatic N) is 1. The molecular weight excluding hydrogens is 224 g/mol. The predicted molar refractivity (Wildman–Crippen MR) is 75.7 cm³/mol. The molecule has 3 heteroatoms. The molecule has 1 saturated carbocycles. The first-order valence-corrected chi connectivity index (χ1v) is 7.30. The number of allylic oxidation sites excluding steroid dienone is 2. The molecule has 0 aromatic heterocycles. The first kappa shape index (κ1) is 14.0. The summed E-state index contributed by atoms with van der Waals surface area (Å²) in [5.74, 6) is 2.60. The molecule has 0 radical (unpaired) electrons. The second-order valence-corrected chi connectivity index (χ2v) is 5.98. The van der Waals surface area contributed by atoms with Gasteiger partial charge in [0, 0.05) is 32.8 Å². The minimum absolute atomic E-state index is 0.653. The van der Waals surface area contributed by atoms with Crippen LogP contribution in [0, 0.1) is 17.8 Å². The average Bonchev–Trinajstić information content (AvgIpc) is 2.98. The third-order valence-corrected chi connectivity index (χ3v) is 4.61. The Labute approximate surface area is 112 Å². The zero-order valence-electron chi connectivity index (χ0n) is 12.1. The van der Waals surface area contributed by atoms with Crippen molar-refractivity contribution in [3.63, 3.8) is 0 Å². The zero-order chi connectivity index (χ0) is 13.0. The fraction of sp³-hybridized carbons (Fsp3) is 0.867. The number of likely N-dealkylation sites (N-methyl/N-ethyl adjacent to an activating group) is 1. The number of methoxy groups -OCH3 is 1. The van der Waals surface area contributed by atoms with Gasteiger partial charge in [0.15, 0.2) is 0 Å². The Morgan fingerprint density at radius 2 is 2.17 bits per heavy atom.